The molecule has 0 aliphatic carbocycles. The third-order valence-electron chi connectivity index (χ3n) is 4.38. The van der Waals surface area contributed by atoms with Crippen molar-refractivity contribution in [1.29, 1.82) is 0 Å². The zero-order chi connectivity index (χ0) is 19.5. The van der Waals surface area contributed by atoms with Crippen LogP contribution in [0.3, 0.4) is 0 Å². The molecule has 0 radical (unpaired) electrons. The predicted molar refractivity (Wildman–Crippen MR) is 127 cm³/mol. The molecule has 0 aliphatic heterocycles. The van der Waals surface area contributed by atoms with Gasteiger partial charge in [0.25, 0.3) is 0 Å². The van der Waals surface area contributed by atoms with E-state index in [2.05, 4.69) is 27.8 Å². The van der Waals surface area contributed by atoms with Gasteiger partial charge in [-0.3, -0.25) is 0 Å². The second-order valence-electron chi connectivity index (χ2n) is 6.71. The molecule has 0 fully saturated rings. The Morgan fingerprint density at radius 1 is 1.07 bits per heavy atom. The van der Waals surface area contributed by atoms with Crippen molar-refractivity contribution in [1.82, 2.24) is 10.6 Å². The van der Waals surface area contributed by atoms with E-state index in [-0.39, 0.29) is 24.0 Å². The first-order chi connectivity index (χ1) is 13.0. The molecule has 5 nitrogen and oxygen atoms in total. The quantitative estimate of drug-likeness (QED) is 0.214. The number of aliphatic imine (C=N–C) groups is 1. The second-order valence-corrected chi connectivity index (χ2v) is 6.71. The van der Waals surface area contributed by atoms with Crippen LogP contribution >= 0.6 is 24.0 Å². The highest BCUT2D eigenvalue weighted by atomic mass is 127. The average molecular weight is 497 g/mol. The SMILES string of the molecule is CCNC(=NCC(C)(O)c1ccccc1)NCCCc1ccc(OC)cc1.I. The summed E-state index contributed by atoms with van der Waals surface area (Å²) in [6.07, 6.45) is 1.98. The van der Waals surface area contributed by atoms with E-state index in [1.165, 1.54) is 5.56 Å². The molecule has 1 atom stereocenters. The van der Waals surface area contributed by atoms with Gasteiger partial charge in [-0.15, -0.1) is 24.0 Å². The van der Waals surface area contributed by atoms with Gasteiger partial charge in [-0.2, -0.15) is 0 Å². The van der Waals surface area contributed by atoms with Gasteiger partial charge in [0, 0.05) is 13.1 Å². The maximum atomic E-state index is 10.7. The van der Waals surface area contributed by atoms with Crippen molar-refractivity contribution < 1.29 is 9.84 Å². The molecule has 2 aromatic carbocycles. The number of nitrogens with one attached hydrogen (secondary N) is 2. The van der Waals surface area contributed by atoms with Gasteiger partial charge in [0.05, 0.1) is 13.7 Å². The van der Waals surface area contributed by atoms with Gasteiger partial charge in [0.1, 0.15) is 11.4 Å². The van der Waals surface area contributed by atoms with Crippen LogP contribution in [0.4, 0.5) is 0 Å². The molecule has 2 aromatic rings. The number of guanidine groups is 1. The Hall–Kier alpha value is -1.80. The van der Waals surface area contributed by atoms with E-state index in [0.29, 0.717) is 6.54 Å². The number of rotatable bonds is 9. The Morgan fingerprint density at radius 2 is 1.75 bits per heavy atom. The maximum absolute atomic E-state index is 10.7. The number of nitrogens with zero attached hydrogens (tertiary/aromatic N) is 1. The summed E-state index contributed by atoms with van der Waals surface area (Å²) in [6, 6.07) is 17.8. The Kier molecular flexibility index (Phi) is 10.9. The Balaban J connectivity index is 0.00000392. The van der Waals surface area contributed by atoms with Crippen LogP contribution in [0.5, 0.6) is 5.75 Å². The van der Waals surface area contributed by atoms with Crippen LogP contribution in [0.15, 0.2) is 59.6 Å². The normalized spacial score (nSPS) is 13.2. The van der Waals surface area contributed by atoms with Crippen LogP contribution in [0, 0.1) is 0 Å². The Morgan fingerprint density at radius 3 is 2.36 bits per heavy atom. The van der Waals surface area contributed by atoms with E-state index >= 15 is 0 Å². The predicted octanol–water partition coefficient (Wildman–Crippen LogP) is 3.71. The highest BCUT2D eigenvalue weighted by Gasteiger charge is 2.22. The number of hydrogen-bond acceptors (Lipinski definition) is 3. The van der Waals surface area contributed by atoms with E-state index in [9.17, 15) is 5.11 Å². The van der Waals surface area contributed by atoms with E-state index in [1.54, 1.807) is 14.0 Å². The van der Waals surface area contributed by atoms with E-state index in [1.807, 2.05) is 49.4 Å². The number of hydrogen-bond donors (Lipinski definition) is 3. The molecular formula is C22H32IN3O2. The number of aryl methyl sites for hydroxylation is 1. The van der Waals surface area contributed by atoms with Gasteiger partial charge in [0.2, 0.25) is 0 Å². The molecule has 0 saturated carbocycles. The summed E-state index contributed by atoms with van der Waals surface area (Å²) >= 11 is 0. The van der Waals surface area contributed by atoms with Crippen molar-refractivity contribution in [2.75, 3.05) is 26.7 Å². The fraction of sp³-hybridized carbons (Fsp3) is 0.409. The molecule has 0 amide bonds. The first kappa shape index (κ1) is 24.2. The Labute approximate surface area is 185 Å². The van der Waals surface area contributed by atoms with Crippen molar-refractivity contribution in [3.63, 3.8) is 0 Å². The minimum Gasteiger partial charge on any atom is -0.497 e. The lowest BCUT2D eigenvalue weighted by atomic mass is 9.96. The molecule has 6 heteroatoms. The van der Waals surface area contributed by atoms with Crippen molar-refractivity contribution in [3.8, 4) is 5.75 Å². The van der Waals surface area contributed by atoms with E-state index in [0.717, 1.165) is 43.2 Å². The molecule has 0 saturated heterocycles. The van der Waals surface area contributed by atoms with Gasteiger partial charge >= 0.3 is 0 Å². The minimum atomic E-state index is -0.993. The summed E-state index contributed by atoms with van der Waals surface area (Å²) in [5.74, 6) is 1.60. The van der Waals surface area contributed by atoms with E-state index in [4.69, 9.17) is 4.74 Å². The summed E-state index contributed by atoms with van der Waals surface area (Å²) in [6.45, 7) is 5.71. The van der Waals surface area contributed by atoms with Crippen molar-refractivity contribution >= 4 is 29.9 Å². The number of halogens is 1. The molecule has 28 heavy (non-hydrogen) atoms. The molecule has 1 unspecified atom stereocenters. The molecule has 0 aliphatic rings. The fourth-order valence-corrected chi connectivity index (χ4v) is 2.75. The average Bonchev–Trinajstić information content (AvgIpc) is 2.70. The first-order valence-corrected chi connectivity index (χ1v) is 9.48. The van der Waals surface area contributed by atoms with Gasteiger partial charge < -0.3 is 20.5 Å². The van der Waals surface area contributed by atoms with Gasteiger partial charge in [0.15, 0.2) is 5.96 Å². The molecule has 0 heterocycles. The molecule has 0 bridgehead atoms. The third-order valence-corrected chi connectivity index (χ3v) is 4.38. The van der Waals surface area contributed by atoms with Crippen molar-refractivity contribution in [3.05, 3.63) is 65.7 Å². The number of methoxy groups -OCH3 is 1. The molecule has 3 N–H and O–H groups in total. The monoisotopic (exact) mass is 497 g/mol. The number of aliphatic hydroxyl groups is 1. The fourth-order valence-electron chi connectivity index (χ4n) is 2.75. The minimum absolute atomic E-state index is 0. The van der Waals surface area contributed by atoms with Crippen LogP contribution in [-0.2, 0) is 12.0 Å². The lowest BCUT2D eigenvalue weighted by molar-refractivity contribution is 0.0672. The van der Waals surface area contributed by atoms with Gasteiger partial charge in [-0.1, -0.05) is 42.5 Å². The van der Waals surface area contributed by atoms with Crippen LogP contribution in [0.2, 0.25) is 0 Å². The lowest BCUT2D eigenvalue weighted by Gasteiger charge is -2.22. The maximum Gasteiger partial charge on any atom is 0.191 e. The lowest BCUT2D eigenvalue weighted by Crippen LogP contribution is -2.39. The van der Waals surface area contributed by atoms with E-state index < -0.39 is 5.60 Å². The standard InChI is InChI=1S/C22H31N3O2.HI/c1-4-23-21(25-17-22(2,26)19-10-6-5-7-11-19)24-16-8-9-18-12-14-20(27-3)15-13-18;/h5-7,10-15,26H,4,8-9,16-17H2,1-3H3,(H2,23,24,25);1H. The summed E-state index contributed by atoms with van der Waals surface area (Å²) in [5, 5.41) is 17.3. The summed E-state index contributed by atoms with van der Waals surface area (Å²) < 4.78 is 5.18. The zero-order valence-corrected chi connectivity index (χ0v) is 19.3. The van der Waals surface area contributed by atoms with Crippen LogP contribution in [0.1, 0.15) is 31.4 Å². The number of ether oxygens (including phenoxy) is 1. The third kappa shape index (κ3) is 8.06. The number of benzene rings is 2. The largest absolute Gasteiger partial charge is 0.497 e. The van der Waals surface area contributed by atoms with Gasteiger partial charge in [-0.05, 0) is 49.9 Å². The summed E-state index contributed by atoms with van der Waals surface area (Å²) in [7, 11) is 1.68. The topological polar surface area (TPSA) is 65.9 Å². The molecule has 154 valence electrons. The van der Waals surface area contributed by atoms with Crippen molar-refractivity contribution in [2.24, 2.45) is 4.99 Å². The first-order valence-electron chi connectivity index (χ1n) is 9.48. The van der Waals surface area contributed by atoms with Crippen LogP contribution in [0.25, 0.3) is 0 Å². The smallest absolute Gasteiger partial charge is 0.191 e. The molecule has 0 aromatic heterocycles. The highest BCUT2D eigenvalue weighted by molar-refractivity contribution is 14.0. The molecular weight excluding hydrogens is 465 g/mol. The van der Waals surface area contributed by atoms with Gasteiger partial charge in [-0.25, -0.2) is 4.99 Å². The molecule has 2 rings (SSSR count). The van der Waals surface area contributed by atoms with Crippen LogP contribution in [-0.4, -0.2) is 37.8 Å². The molecule has 0 spiro atoms. The second kappa shape index (κ2) is 12.6. The summed E-state index contributed by atoms with van der Waals surface area (Å²) in [5.41, 5.74) is 1.16. The zero-order valence-electron chi connectivity index (χ0n) is 16.9. The Bertz CT molecular complexity index is 703. The van der Waals surface area contributed by atoms with Crippen LogP contribution < -0.4 is 15.4 Å². The summed E-state index contributed by atoms with van der Waals surface area (Å²) in [4.78, 5) is 4.56. The van der Waals surface area contributed by atoms with Crippen molar-refractivity contribution in [2.45, 2.75) is 32.3 Å². The highest BCUT2D eigenvalue weighted by Crippen LogP contribution is 2.20.